The molecule has 2 N–H and O–H groups in total. The number of rotatable bonds is 6. The van der Waals surface area contributed by atoms with Gasteiger partial charge in [-0.05, 0) is 18.1 Å². The Hall–Kier alpha value is -1.64. The summed E-state index contributed by atoms with van der Waals surface area (Å²) in [5, 5.41) is 20.1. The second kappa shape index (κ2) is 6.34. The number of aliphatic hydroxyl groups excluding tert-OH is 1. The predicted molar refractivity (Wildman–Crippen MR) is 75.1 cm³/mol. The van der Waals surface area contributed by atoms with Crippen molar-refractivity contribution in [3.05, 3.63) is 72.9 Å². The summed E-state index contributed by atoms with van der Waals surface area (Å²) in [6.07, 6.45) is 5.13. The maximum absolute atomic E-state index is 10.6. The minimum absolute atomic E-state index is 0.164. The van der Waals surface area contributed by atoms with Crippen LogP contribution in [0, 0.1) is 5.92 Å². The van der Waals surface area contributed by atoms with Gasteiger partial charge in [0.1, 0.15) is 0 Å². The summed E-state index contributed by atoms with van der Waals surface area (Å²) in [5.74, 6) is -0.448. The summed E-state index contributed by atoms with van der Waals surface area (Å²) >= 11 is 0. The van der Waals surface area contributed by atoms with Gasteiger partial charge in [-0.3, -0.25) is 0 Å². The lowest BCUT2D eigenvalue weighted by atomic mass is 9.79. The maximum atomic E-state index is 10.6. The van der Waals surface area contributed by atoms with E-state index in [4.69, 9.17) is 0 Å². The van der Waals surface area contributed by atoms with Crippen LogP contribution in [0.4, 0.5) is 0 Å². The number of hydrogen-bond acceptors (Lipinski definition) is 2. The topological polar surface area (TPSA) is 40.5 Å². The lowest BCUT2D eigenvalue weighted by Crippen LogP contribution is -2.35. The van der Waals surface area contributed by atoms with Gasteiger partial charge in [0.25, 0.3) is 0 Å². The van der Waals surface area contributed by atoms with Crippen LogP contribution >= 0.6 is 0 Å². The van der Waals surface area contributed by atoms with Crippen molar-refractivity contribution in [1.82, 2.24) is 0 Å². The molecular weight excluding hydrogens is 224 g/mol. The molecule has 1 aromatic rings. The van der Waals surface area contributed by atoms with Crippen molar-refractivity contribution in [2.75, 3.05) is 6.61 Å². The molecule has 0 spiro atoms. The molecule has 2 unspecified atom stereocenters. The molecule has 0 aromatic heterocycles. The molecule has 0 amide bonds. The first-order chi connectivity index (χ1) is 8.54. The molecule has 0 saturated heterocycles. The van der Waals surface area contributed by atoms with E-state index in [0.717, 1.165) is 5.56 Å². The zero-order valence-electron chi connectivity index (χ0n) is 10.7. The van der Waals surface area contributed by atoms with Gasteiger partial charge in [-0.15, -0.1) is 0 Å². The second-order valence-corrected chi connectivity index (χ2v) is 4.42. The SMILES string of the molecule is C=CC=CC(=C)C(CO)C(C)(O)c1ccccc1. The van der Waals surface area contributed by atoms with E-state index in [0.29, 0.717) is 5.57 Å². The Balaban J connectivity index is 3.04. The smallest absolute Gasteiger partial charge is 0.0958 e. The molecule has 0 saturated carbocycles. The van der Waals surface area contributed by atoms with E-state index >= 15 is 0 Å². The Labute approximate surface area is 109 Å². The molecule has 0 bridgehead atoms. The zero-order chi connectivity index (χ0) is 13.6. The molecule has 0 radical (unpaired) electrons. The number of benzene rings is 1. The van der Waals surface area contributed by atoms with E-state index in [1.165, 1.54) is 0 Å². The van der Waals surface area contributed by atoms with Gasteiger partial charge < -0.3 is 10.2 Å². The Bertz CT molecular complexity index is 430. The first-order valence-corrected chi connectivity index (χ1v) is 5.90. The van der Waals surface area contributed by atoms with Crippen LogP contribution in [0.3, 0.4) is 0 Å². The maximum Gasteiger partial charge on any atom is 0.0958 e. The summed E-state index contributed by atoms with van der Waals surface area (Å²) in [5.41, 5.74) is 0.280. The van der Waals surface area contributed by atoms with Crippen molar-refractivity contribution in [2.24, 2.45) is 5.92 Å². The highest BCUT2D eigenvalue weighted by atomic mass is 16.3. The van der Waals surface area contributed by atoms with Gasteiger partial charge in [-0.1, -0.05) is 61.7 Å². The van der Waals surface area contributed by atoms with Crippen LogP contribution in [0.5, 0.6) is 0 Å². The van der Waals surface area contributed by atoms with E-state index in [2.05, 4.69) is 13.2 Å². The lowest BCUT2D eigenvalue weighted by molar-refractivity contribution is -0.0115. The summed E-state index contributed by atoms with van der Waals surface area (Å²) in [4.78, 5) is 0. The van der Waals surface area contributed by atoms with Gasteiger partial charge in [0.15, 0.2) is 0 Å². The quantitative estimate of drug-likeness (QED) is 0.755. The molecule has 0 aliphatic heterocycles. The third-order valence-corrected chi connectivity index (χ3v) is 3.11. The van der Waals surface area contributed by atoms with Crippen LogP contribution in [-0.4, -0.2) is 16.8 Å². The third kappa shape index (κ3) is 3.19. The normalized spacial score (nSPS) is 16.2. The highest BCUT2D eigenvalue weighted by molar-refractivity contribution is 5.30. The molecule has 96 valence electrons. The highest BCUT2D eigenvalue weighted by Gasteiger charge is 2.34. The Morgan fingerprint density at radius 3 is 2.50 bits per heavy atom. The molecule has 0 aliphatic rings. The van der Waals surface area contributed by atoms with E-state index in [-0.39, 0.29) is 6.61 Å². The van der Waals surface area contributed by atoms with Crippen LogP contribution in [-0.2, 0) is 5.60 Å². The van der Waals surface area contributed by atoms with Crippen molar-refractivity contribution >= 4 is 0 Å². The van der Waals surface area contributed by atoms with E-state index in [9.17, 15) is 10.2 Å². The first kappa shape index (κ1) is 14.4. The van der Waals surface area contributed by atoms with Gasteiger partial charge in [-0.25, -0.2) is 0 Å². The van der Waals surface area contributed by atoms with Crippen LogP contribution < -0.4 is 0 Å². The molecule has 18 heavy (non-hydrogen) atoms. The van der Waals surface area contributed by atoms with Crippen LogP contribution in [0.1, 0.15) is 12.5 Å². The van der Waals surface area contributed by atoms with Crippen molar-refractivity contribution in [3.63, 3.8) is 0 Å². The van der Waals surface area contributed by atoms with Crippen molar-refractivity contribution < 1.29 is 10.2 Å². The minimum Gasteiger partial charge on any atom is -0.396 e. The van der Waals surface area contributed by atoms with Crippen molar-refractivity contribution in [1.29, 1.82) is 0 Å². The largest absolute Gasteiger partial charge is 0.396 e. The van der Waals surface area contributed by atoms with Gasteiger partial charge >= 0.3 is 0 Å². The zero-order valence-corrected chi connectivity index (χ0v) is 10.7. The van der Waals surface area contributed by atoms with Gasteiger partial charge in [0, 0.05) is 5.92 Å². The first-order valence-electron chi connectivity index (χ1n) is 5.90. The lowest BCUT2D eigenvalue weighted by Gasteiger charge is -2.32. The van der Waals surface area contributed by atoms with Crippen molar-refractivity contribution in [2.45, 2.75) is 12.5 Å². The summed E-state index contributed by atoms with van der Waals surface area (Å²) in [7, 11) is 0. The minimum atomic E-state index is -1.15. The Kier molecular flexibility index (Phi) is 5.08. The predicted octanol–water partition coefficient (Wildman–Crippen LogP) is 2.80. The average molecular weight is 244 g/mol. The standard InChI is InChI=1S/C16H20O2/c1-4-5-9-13(2)15(12-17)16(3,18)14-10-7-6-8-11-14/h4-11,15,17-18H,1-2,12H2,3H3. The van der Waals surface area contributed by atoms with Crippen molar-refractivity contribution in [3.8, 4) is 0 Å². The fourth-order valence-corrected chi connectivity index (χ4v) is 1.94. The summed E-state index contributed by atoms with van der Waals surface area (Å²) < 4.78 is 0. The third-order valence-electron chi connectivity index (χ3n) is 3.11. The molecule has 1 aromatic carbocycles. The van der Waals surface area contributed by atoms with Crippen LogP contribution in [0.25, 0.3) is 0 Å². The van der Waals surface area contributed by atoms with E-state index in [1.54, 1.807) is 25.2 Å². The Morgan fingerprint density at radius 2 is 2.00 bits per heavy atom. The van der Waals surface area contributed by atoms with Crippen LogP contribution in [0.15, 0.2) is 67.3 Å². The molecule has 0 heterocycles. The van der Waals surface area contributed by atoms with Gasteiger partial charge in [0.05, 0.1) is 12.2 Å². The number of hydrogen-bond donors (Lipinski definition) is 2. The summed E-state index contributed by atoms with van der Waals surface area (Å²) in [6.45, 7) is 9.01. The molecule has 0 aliphatic carbocycles. The fourth-order valence-electron chi connectivity index (χ4n) is 1.94. The van der Waals surface area contributed by atoms with Crippen LogP contribution in [0.2, 0.25) is 0 Å². The average Bonchev–Trinajstić information content (AvgIpc) is 2.38. The molecule has 2 atom stereocenters. The monoisotopic (exact) mass is 244 g/mol. The van der Waals surface area contributed by atoms with Gasteiger partial charge in [-0.2, -0.15) is 0 Å². The Morgan fingerprint density at radius 1 is 1.39 bits per heavy atom. The molecule has 2 heteroatoms. The second-order valence-electron chi connectivity index (χ2n) is 4.42. The highest BCUT2D eigenvalue weighted by Crippen LogP contribution is 2.33. The van der Waals surface area contributed by atoms with E-state index in [1.807, 2.05) is 30.3 Å². The molecule has 0 fully saturated rings. The van der Waals surface area contributed by atoms with Gasteiger partial charge in [0.2, 0.25) is 0 Å². The molecular formula is C16H20O2. The molecule has 2 nitrogen and oxygen atoms in total. The fraction of sp³-hybridized carbons (Fsp3) is 0.250. The van der Waals surface area contributed by atoms with E-state index < -0.39 is 11.5 Å². The molecule has 1 rings (SSSR count). The summed E-state index contributed by atoms with van der Waals surface area (Å²) in [6, 6.07) is 9.29. The number of allylic oxidation sites excluding steroid dienone is 3. The number of aliphatic hydroxyl groups is 2.